The van der Waals surface area contributed by atoms with Crippen molar-refractivity contribution in [1.82, 2.24) is 4.98 Å². The van der Waals surface area contributed by atoms with Gasteiger partial charge in [-0.15, -0.1) is 0 Å². The molecule has 0 saturated carbocycles. The predicted molar refractivity (Wildman–Crippen MR) is 51.7 cm³/mol. The summed E-state index contributed by atoms with van der Waals surface area (Å²) in [4.78, 5) is 3.37. The Morgan fingerprint density at radius 2 is 1.75 bits per heavy atom. The van der Waals surface area contributed by atoms with Crippen LogP contribution in [0.1, 0.15) is 11.6 Å². The van der Waals surface area contributed by atoms with Crippen molar-refractivity contribution in [3.05, 3.63) is 41.9 Å². The number of aryl methyl sites for hydroxylation is 1. The van der Waals surface area contributed by atoms with Gasteiger partial charge in [0.25, 0.3) is 0 Å². The van der Waals surface area contributed by atoms with Gasteiger partial charge >= 0.3 is 6.18 Å². The molecular weight excluding hydrogens is 219 g/mol. The van der Waals surface area contributed by atoms with Crippen LogP contribution in [0, 0.1) is 6.92 Å². The fourth-order valence-electron chi connectivity index (χ4n) is 1.40. The Balaban J connectivity index is 2.58. The molecule has 0 unspecified atom stereocenters. The monoisotopic (exact) mass is 227 g/mol. The number of aromatic nitrogens is 1. The minimum Gasteiger partial charge on any atom is -0.440 e. The van der Waals surface area contributed by atoms with Crippen molar-refractivity contribution >= 4 is 0 Å². The quantitative estimate of drug-likeness (QED) is 0.742. The van der Waals surface area contributed by atoms with Crippen LogP contribution in [0.2, 0.25) is 0 Å². The van der Waals surface area contributed by atoms with E-state index in [-0.39, 0.29) is 11.7 Å². The van der Waals surface area contributed by atoms with Gasteiger partial charge in [-0.3, -0.25) is 0 Å². The smallest absolute Gasteiger partial charge is 0.437 e. The maximum Gasteiger partial charge on any atom is 0.437 e. The number of nitrogens with zero attached hydrogens (tertiary/aromatic N) is 1. The Labute approximate surface area is 89.7 Å². The molecule has 0 aliphatic carbocycles. The summed E-state index contributed by atoms with van der Waals surface area (Å²) >= 11 is 0. The highest BCUT2D eigenvalue weighted by Gasteiger charge is 2.38. The van der Waals surface area contributed by atoms with E-state index in [1.165, 1.54) is 6.92 Å². The fraction of sp³-hybridized carbons (Fsp3) is 0.182. The lowest BCUT2D eigenvalue weighted by Crippen LogP contribution is -2.07. The number of hydrogen-bond donors (Lipinski definition) is 0. The molecule has 0 fully saturated rings. The van der Waals surface area contributed by atoms with Gasteiger partial charge in [-0.25, -0.2) is 4.98 Å². The highest BCUT2D eigenvalue weighted by molar-refractivity contribution is 5.60. The third-order valence-electron chi connectivity index (χ3n) is 2.04. The molecule has 1 aromatic heterocycles. The molecule has 2 rings (SSSR count). The van der Waals surface area contributed by atoms with Gasteiger partial charge in [-0.1, -0.05) is 30.3 Å². The molecule has 0 aliphatic rings. The first-order valence-electron chi connectivity index (χ1n) is 4.58. The van der Waals surface area contributed by atoms with Crippen molar-refractivity contribution in [2.75, 3.05) is 0 Å². The van der Waals surface area contributed by atoms with Crippen LogP contribution in [-0.4, -0.2) is 4.98 Å². The summed E-state index contributed by atoms with van der Waals surface area (Å²) in [6.07, 6.45) is -4.50. The number of rotatable bonds is 1. The van der Waals surface area contributed by atoms with Gasteiger partial charge in [0.05, 0.1) is 0 Å². The summed E-state index contributed by atoms with van der Waals surface area (Å²) in [6, 6.07) is 8.12. The Morgan fingerprint density at radius 3 is 2.31 bits per heavy atom. The maximum absolute atomic E-state index is 12.6. The highest BCUT2D eigenvalue weighted by atomic mass is 19.4. The molecule has 0 atom stereocenters. The fourth-order valence-corrected chi connectivity index (χ4v) is 1.40. The van der Waals surface area contributed by atoms with E-state index in [4.69, 9.17) is 4.42 Å². The molecular formula is C11H8F3NO. The molecule has 2 aromatic rings. The molecule has 2 nitrogen and oxygen atoms in total. The second-order valence-electron chi connectivity index (χ2n) is 3.27. The second-order valence-corrected chi connectivity index (χ2v) is 3.27. The number of hydrogen-bond acceptors (Lipinski definition) is 2. The lowest BCUT2D eigenvalue weighted by Gasteiger charge is -2.04. The average molecular weight is 227 g/mol. The van der Waals surface area contributed by atoms with Crippen LogP contribution in [0.3, 0.4) is 0 Å². The molecule has 0 spiro atoms. The third-order valence-corrected chi connectivity index (χ3v) is 2.04. The van der Waals surface area contributed by atoms with E-state index >= 15 is 0 Å². The highest BCUT2D eigenvalue weighted by Crippen LogP contribution is 2.36. The first-order valence-corrected chi connectivity index (χ1v) is 4.58. The molecule has 0 amide bonds. The van der Waals surface area contributed by atoms with Crippen LogP contribution in [0.15, 0.2) is 34.7 Å². The Kier molecular flexibility index (Phi) is 2.46. The van der Waals surface area contributed by atoms with Crippen LogP contribution >= 0.6 is 0 Å². The summed E-state index contributed by atoms with van der Waals surface area (Å²) < 4.78 is 42.9. The number of alkyl halides is 3. The van der Waals surface area contributed by atoms with E-state index in [0.29, 0.717) is 5.56 Å². The average Bonchev–Trinajstić information content (AvgIpc) is 2.61. The molecule has 0 aliphatic heterocycles. The third kappa shape index (κ3) is 1.93. The summed E-state index contributed by atoms with van der Waals surface area (Å²) in [5, 5.41) is 0. The minimum atomic E-state index is -4.50. The molecule has 1 aromatic carbocycles. The van der Waals surface area contributed by atoms with Gasteiger partial charge in [0.2, 0.25) is 0 Å². The van der Waals surface area contributed by atoms with Crippen molar-refractivity contribution in [3.63, 3.8) is 0 Å². The lowest BCUT2D eigenvalue weighted by molar-refractivity contribution is -0.140. The SMILES string of the molecule is Cc1nc(C(F)(F)F)c(-c2ccccc2)o1. The Hall–Kier alpha value is -1.78. The zero-order valence-electron chi connectivity index (χ0n) is 8.38. The topological polar surface area (TPSA) is 26.0 Å². The van der Waals surface area contributed by atoms with Crippen LogP contribution < -0.4 is 0 Å². The van der Waals surface area contributed by atoms with E-state index in [9.17, 15) is 13.2 Å². The largest absolute Gasteiger partial charge is 0.440 e. The minimum absolute atomic E-state index is 0.00572. The van der Waals surface area contributed by atoms with Gasteiger partial charge in [-0.05, 0) is 0 Å². The standard InChI is InChI=1S/C11H8F3NO/c1-7-15-10(11(12,13)14)9(16-7)8-5-3-2-4-6-8/h2-6H,1H3. The first-order chi connectivity index (χ1) is 7.48. The summed E-state index contributed by atoms with van der Waals surface area (Å²) in [7, 11) is 0. The van der Waals surface area contributed by atoms with Gasteiger partial charge in [-0.2, -0.15) is 13.2 Å². The van der Waals surface area contributed by atoms with E-state index in [1.54, 1.807) is 30.3 Å². The van der Waals surface area contributed by atoms with Crippen molar-refractivity contribution < 1.29 is 17.6 Å². The van der Waals surface area contributed by atoms with Crippen LogP contribution in [0.4, 0.5) is 13.2 Å². The van der Waals surface area contributed by atoms with Gasteiger partial charge in [0, 0.05) is 12.5 Å². The van der Waals surface area contributed by atoms with E-state index in [1.807, 2.05) is 0 Å². The van der Waals surface area contributed by atoms with Crippen molar-refractivity contribution in [2.45, 2.75) is 13.1 Å². The summed E-state index contributed by atoms with van der Waals surface area (Å²) in [5.74, 6) is -0.225. The Bertz CT molecular complexity index is 488. The van der Waals surface area contributed by atoms with Crippen LogP contribution in [0.25, 0.3) is 11.3 Å². The van der Waals surface area contributed by atoms with Crippen molar-refractivity contribution in [2.24, 2.45) is 0 Å². The molecule has 0 radical (unpaired) electrons. The lowest BCUT2D eigenvalue weighted by atomic mass is 10.1. The molecule has 0 bridgehead atoms. The molecule has 0 N–H and O–H groups in total. The second kappa shape index (κ2) is 3.66. The Morgan fingerprint density at radius 1 is 1.12 bits per heavy atom. The zero-order chi connectivity index (χ0) is 11.8. The number of oxazole rings is 1. The molecule has 16 heavy (non-hydrogen) atoms. The van der Waals surface area contributed by atoms with Gasteiger partial charge in [0.1, 0.15) is 0 Å². The van der Waals surface area contributed by atoms with Gasteiger partial charge < -0.3 is 4.42 Å². The molecule has 5 heteroatoms. The van der Waals surface area contributed by atoms with E-state index in [0.717, 1.165) is 0 Å². The van der Waals surface area contributed by atoms with Crippen molar-refractivity contribution in [3.8, 4) is 11.3 Å². The number of halogens is 3. The summed E-state index contributed by atoms with van der Waals surface area (Å²) in [6.45, 7) is 1.39. The molecule has 0 saturated heterocycles. The van der Waals surface area contributed by atoms with E-state index in [2.05, 4.69) is 4.98 Å². The zero-order valence-corrected chi connectivity index (χ0v) is 8.38. The maximum atomic E-state index is 12.6. The van der Waals surface area contributed by atoms with Crippen LogP contribution in [0.5, 0.6) is 0 Å². The normalized spacial score (nSPS) is 11.8. The molecule has 84 valence electrons. The summed E-state index contributed by atoms with van der Waals surface area (Å²) in [5.41, 5.74) is -0.605. The van der Waals surface area contributed by atoms with Crippen molar-refractivity contribution in [1.29, 1.82) is 0 Å². The first kappa shape index (κ1) is 10.7. The molecule has 1 heterocycles. The van der Waals surface area contributed by atoms with Crippen LogP contribution in [-0.2, 0) is 6.18 Å². The van der Waals surface area contributed by atoms with E-state index < -0.39 is 11.9 Å². The van der Waals surface area contributed by atoms with Gasteiger partial charge in [0.15, 0.2) is 17.3 Å². The number of benzene rings is 1. The predicted octanol–water partition coefficient (Wildman–Crippen LogP) is 3.67.